The molecule has 1 saturated heterocycles. The smallest absolute Gasteiger partial charge is 0.0107 e. The third-order valence-corrected chi connectivity index (χ3v) is 5.32. The summed E-state index contributed by atoms with van der Waals surface area (Å²) in [5.74, 6) is 0.908. The Morgan fingerprint density at radius 1 is 1.25 bits per heavy atom. The number of likely N-dealkylation sites (tertiary alicyclic amines) is 1. The van der Waals surface area contributed by atoms with E-state index in [0.29, 0.717) is 5.41 Å². The Morgan fingerprint density at radius 3 is 2.60 bits per heavy atom. The van der Waals surface area contributed by atoms with E-state index in [-0.39, 0.29) is 0 Å². The van der Waals surface area contributed by atoms with E-state index in [9.17, 15) is 0 Å². The lowest BCUT2D eigenvalue weighted by Gasteiger charge is -2.38. The fourth-order valence-corrected chi connectivity index (χ4v) is 3.76. The van der Waals surface area contributed by atoms with Crippen LogP contribution in [0.15, 0.2) is 16.8 Å². The molecule has 2 rings (SSSR count). The molecule has 3 heteroatoms. The van der Waals surface area contributed by atoms with Gasteiger partial charge in [0.15, 0.2) is 0 Å². The lowest BCUT2D eigenvalue weighted by Crippen LogP contribution is -2.41. The Kier molecular flexibility index (Phi) is 6.06. The number of nitrogens with zero attached hydrogens (tertiary/aromatic N) is 1. The molecule has 0 aliphatic carbocycles. The fraction of sp³-hybridized carbons (Fsp3) is 0.765. The SMILES string of the molecule is CC(C)(C)C1CCN(CCNCCc2ccsc2)CC1. The summed E-state index contributed by atoms with van der Waals surface area (Å²) in [4.78, 5) is 2.62. The topological polar surface area (TPSA) is 15.3 Å². The van der Waals surface area contributed by atoms with E-state index in [1.807, 2.05) is 0 Å². The zero-order valence-electron chi connectivity index (χ0n) is 13.3. The van der Waals surface area contributed by atoms with Crippen LogP contribution in [-0.4, -0.2) is 37.6 Å². The van der Waals surface area contributed by atoms with Gasteiger partial charge in [0.1, 0.15) is 0 Å². The standard InChI is InChI=1S/C17H30N2S/c1-17(2,3)16-5-10-19(11-6-16)12-9-18-8-4-15-7-13-20-14-15/h7,13-14,16,18H,4-6,8-12H2,1-3H3. The molecule has 1 aliphatic heterocycles. The van der Waals surface area contributed by atoms with Crippen molar-refractivity contribution in [3.05, 3.63) is 22.4 Å². The highest BCUT2D eigenvalue weighted by Crippen LogP contribution is 2.33. The molecule has 0 aromatic carbocycles. The Morgan fingerprint density at radius 2 is 2.00 bits per heavy atom. The molecule has 0 unspecified atom stereocenters. The van der Waals surface area contributed by atoms with Crippen molar-refractivity contribution >= 4 is 11.3 Å². The maximum absolute atomic E-state index is 3.58. The average molecular weight is 295 g/mol. The molecule has 2 nitrogen and oxygen atoms in total. The Balaban J connectivity index is 1.53. The molecular weight excluding hydrogens is 264 g/mol. The number of nitrogens with one attached hydrogen (secondary N) is 1. The van der Waals surface area contributed by atoms with Crippen molar-refractivity contribution in [3.8, 4) is 0 Å². The van der Waals surface area contributed by atoms with Gasteiger partial charge in [0.05, 0.1) is 0 Å². The van der Waals surface area contributed by atoms with E-state index in [2.05, 4.69) is 47.8 Å². The van der Waals surface area contributed by atoms with E-state index in [1.165, 1.54) is 38.0 Å². The third-order valence-electron chi connectivity index (χ3n) is 4.59. The molecule has 2 heterocycles. The highest BCUT2D eigenvalue weighted by Gasteiger charge is 2.28. The molecule has 1 N–H and O–H groups in total. The average Bonchev–Trinajstić information content (AvgIpc) is 2.91. The van der Waals surface area contributed by atoms with Gasteiger partial charge in [-0.25, -0.2) is 0 Å². The normalized spacial score (nSPS) is 18.6. The molecule has 0 amide bonds. The van der Waals surface area contributed by atoms with Gasteiger partial charge in [0.2, 0.25) is 0 Å². The van der Waals surface area contributed by atoms with Crippen LogP contribution in [0.25, 0.3) is 0 Å². The first kappa shape index (κ1) is 16.0. The summed E-state index contributed by atoms with van der Waals surface area (Å²) in [6, 6.07) is 2.23. The van der Waals surface area contributed by atoms with Gasteiger partial charge in [-0.2, -0.15) is 11.3 Å². The second-order valence-electron chi connectivity index (χ2n) is 7.11. The predicted molar refractivity (Wildman–Crippen MR) is 89.5 cm³/mol. The van der Waals surface area contributed by atoms with Gasteiger partial charge in [0, 0.05) is 13.1 Å². The monoisotopic (exact) mass is 294 g/mol. The van der Waals surface area contributed by atoms with Crippen LogP contribution in [0.5, 0.6) is 0 Å². The summed E-state index contributed by atoms with van der Waals surface area (Å²) in [5, 5.41) is 7.99. The maximum Gasteiger partial charge on any atom is 0.0107 e. The summed E-state index contributed by atoms with van der Waals surface area (Å²) in [7, 11) is 0. The van der Waals surface area contributed by atoms with E-state index in [4.69, 9.17) is 0 Å². The molecular formula is C17H30N2S. The van der Waals surface area contributed by atoms with Crippen LogP contribution < -0.4 is 5.32 Å². The second-order valence-corrected chi connectivity index (χ2v) is 7.89. The molecule has 0 radical (unpaired) electrons. The zero-order valence-corrected chi connectivity index (χ0v) is 14.1. The van der Waals surface area contributed by atoms with Gasteiger partial charge in [-0.05, 0) is 72.6 Å². The minimum Gasteiger partial charge on any atom is -0.315 e. The first-order chi connectivity index (χ1) is 9.55. The lowest BCUT2D eigenvalue weighted by molar-refractivity contribution is 0.113. The van der Waals surface area contributed by atoms with E-state index < -0.39 is 0 Å². The summed E-state index contributed by atoms with van der Waals surface area (Å²) >= 11 is 1.79. The minimum atomic E-state index is 0.491. The quantitative estimate of drug-likeness (QED) is 0.806. The van der Waals surface area contributed by atoms with Crippen LogP contribution in [-0.2, 0) is 6.42 Å². The molecule has 0 atom stereocenters. The number of thiophene rings is 1. The van der Waals surface area contributed by atoms with Crippen molar-refractivity contribution in [1.29, 1.82) is 0 Å². The molecule has 1 aromatic rings. The first-order valence-corrected chi connectivity index (χ1v) is 8.94. The number of hydrogen-bond acceptors (Lipinski definition) is 3. The minimum absolute atomic E-state index is 0.491. The number of piperidine rings is 1. The Bertz CT molecular complexity index is 359. The summed E-state index contributed by atoms with van der Waals surface area (Å²) in [6.45, 7) is 13.2. The Labute approximate surface area is 128 Å². The molecule has 0 spiro atoms. The highest BCUT2D eigenvalue weighted by atomic mass is 32.1. The van der Waals surface area contributed by atoms with Crippen LogP contribution >= 0.6 is 11.3 Å². The van der Waals surface area contributed by atoms with Crippen LogP contribution in [0.2, 0.25) is 0 Å². The molecule has 0 saturated carbocycles. The largest absolute Gasteiger partial charge is 0.315 e. The Hall–Kier alpha value is -0.380. The molecule has 20 heavy (non-hydrogen) atoms. The number of rotatable bonds is 6. The van der Waals surface area contributed by atoms with Crippen molar-refractivity contribution in [2.45, 2.75) is 40.0 Å². The third kappa shape index (κ3) is 5.19. The van der Waals surface area contributed by atoms with Gasteiger partial charge in [-0.3, -0.25) is 0 Å². The van der Waals surface area contributed by atoms with Crippen molar-refractivity contribution in [1.82, 2.24) is 10.2 Å². The van der Waals surface area contributed by atoms with Crippen molar-refractivity contribution in [3.63, 3.8) is 0 Å². The van der Waals surface area contributed by atoms with Crippen LogP contribution in [0.3, 0.4) is 0 Å². The van der Waals surface area contributed by atoms with E-state index >= 15 is 0 Å². The highest BCUT2D eigenvalue weighted by molar-refractivity contribution is 7.07. The molecule has 114 valence electrons. The summed E-state index contributed by atoms with van der Waals surface area (Å²) < 4.78 is 0. The lowest BCUT2D eigenvalue weighted by atomic mass is 9.75. The first-order valence-electron chi connectivity index (χ1n) is 8.00. The molecule has 0 bridgehead atoms. The maximum atomic E-state index is 3.58. The van der Waals surface area contributed by atoms with E-state index in [0.717, 1.165) is 25.4 Å². The number of hydrogen-bond donors (Lipinski definition) is 1. The van der Waals surface area contributed by atoms with Crippen LogP contribution in [0.1, 0.15) is 39.2 Å². The molecule has 1 aliphatic rings. The van der Waals surface area contributed by atoms with Gasteiger partial charge in [-0.1, -0.05) is 20.8 Å². The van der Waals surface area contributed by atoms with Gasteiger partial charge in [0.25, 0.3) is 0 Å². The second kappa shape index (κ2) is 7.58. The van der Waals surface area contributed by atoms with Crippen molar-refractivity contribution in [2.75, 3.05) is 32.7 Å². The van der Waals surface area contributed by atoms with Gasteiger partial charge < -0.3 is 10.2 Å². The molecule has 1 aromatic heterocycles. The zero-order chi connectivity index (χ0) is 14.4. The predicted octanol–water partition coefficient (Wildman–Crippen LogP) is 3.64. The summed E-state index contributed by atoms with van der Waals surface area (Å²) in [5.41, 5.74) is 1.96. The van der Waals surface area contributed by atoms with Crippen molar-refractivity contribution < 1.29 is 0 Å². The fourth-order valence-electron chi connectivity index (χ4n) is 3.05. The van der Waals surface area contributed by atoms with Crippen LogP contribution in [0, 0.1) is 11.3 Å². The molecule has 1 fully saturated rings. The van der Waals surface area contributed by atoms with E-state index in [1.54, 1.807) is 11.3 Å². The van der Waals surface area contributed by atoms with Gasteiger partial charge in [-0.15, -0.1) is 0 Å². The van der Waals surface area contributed by atoms with Gasteiger partial charge >= 0.3 is 0 Å². The summed E-state index contributed by atoms with van der Waals surface area (Å²) in [6.07, 6.45) is 3.91. The van der Waals surface area contributed by atoms with Crippen molar-refractivity contribution in [2.24, 2.45) is 11.3 Å². The van der Waals surface area contributed by atoms with Crippen LogP contribution in [0.4, 0.5) is 0 Å².